The second-order valence-electron chi connectivity index (χ2n) is 7.37. The van der Waals surface area contributed by atoms with Crippen LogP contribution in [-0.2, 0) is 17.8 Å². The molecule has 0 bridgehead atoms. The highest BCUT2D eigenvalue weighted by Crippen LogP contribution is 2.35. The van der Waals surface area contributed by atoms with Crippen molar-refractivity contribution in [2.45, 2.75) is 19.4 Å². The molecule has 2 aromatic heterocycles. The number of benzene rings is 2. The van der Waals surface area contributed by atoms with E-state index in [9.17, 15) is 4.79 Å². The number of oxazole rings is 1. The number of carbonyl (C=O) groups is 1. The van der Waals surface area contributed by atoms with E-state index in [2.05, 4.69) is 4.98 Å². The molecule has 0 aliphatic carbocycles. The minimum atomic E-state index is -0.00506. The molecule has 0 N–H and O–H groups in total. The van der Waals surface area contributed by atoms with E-state index in [0.29, 0.717) is 49.3 Å². The highest BCUT2D eigenvalue weighted by Gasteiger charge is 2.21. The quantitative estimate of drug-likeness (QED) is 0.383. The van der Waals surface area contributed by atoms with E-state index in [4.69, 9.17) is 13.9 Å². The topological polar surface area (TPSA) is 64.8 Å². The Morgan fingerprint density at radius 1 is 1.00 bits per heavy atom. The van der Waals surface area contributed by atoms with Crippen LogP contribution >= 0.6 is 11.3 Å². The maximum Gasteiger partial charge on any atom is 0.227 e. The Balaban J connectivity index is 1.32. The van der Waals surface area contributed by atoms with Crippen molar-refractivity contribution in [1.29, 1.82) is 0 Å². The van der Waals surface area contributed by atoms with E-state index < -0.39 is 0 Å². The molecule has 0 radical (unpaired) electrons. The zero-order valence-corrected chi connectivity index (χ0v) is 18.2. The SMILES string of the molecule is O=C(CCc1ncc(-c2ccccc2)o1)N(Cc1cccs1)c1ccc2c(c1)OCCO2. The molecule has 7 heteroatoms. The number of nitrogens with zero attached hydrogens (tertiary/aromatic N) is 2. The van der Waals surface area contributed by atoms with Crippen molar-refractivity contribution in [3.8, 4) is 22.8 Å². The average molecular weight is 447 g/mol. The predicted molar refractivity (Wildman–Crippen MR) is 123 cm³/mol. The largest absolute Gasteiger partial charge is 0.486 e. The molecule has 162 valence electrons. The van der Waals surface area contributed by atoms with Gasteiger partial charge in [0.2, 0.25) is 5.91 Å². The fourth-order valence-electron chi connectivity index (χ4n) is 3.59. The van der Waals surface area contributed by atoms with Crippen molar-refractivity contribution in [3.05, 3.63) is 83.0 Å². The molecule has 4 aromatic rings. The highest BCUT2D eigenvalue weighted by atomic mass is 32.1. The number of aromatic nitrogens is 1. The number of carbonyl (C=O) groups excluding carboxylic acids is 1. The first-order valence-electron chi connectivity index (χ1n) is 10.5. The van der Waals surface area contributed by atoms with E-state index in [1.54, 1.807) is 22.4 Å². The maximum absolute atomic E-state index is 13.3. The van der Waals surface area contributed by atoms with Gasteiger partial charge in [0.1, 0.15) is 13.2 Å². The standard InChI is InChI=1S/C25H22N2O4S/c28-25(11-10-24-26-16-23(31-24)18-5-2-1-3-6-18)27(17-20-7-4-14-32-20)19-8-9-21-22(15-19)30-13-12-29-21/h1-9,14-16H,10-13,17H2. The summed E-state index contributed by atoms with van der Waals surface area (Å²) >= 11 is 1.63. The first-order valence-corrected chi connectivity index (χ1v) is 11.4. The summed E-state index contributed by atoms with van der Waals surface area (Å²) in [6, 6.07) is 19.5. The van der Waals surface area contributed by atoms with Crippen LogP contribution in [0.25, 0.3) is 11.3 Å². The summed E-state index contributed by atoms with van der Waals surface area (Å²) in [5, 5.41) is 2.01. The van der Waals surface area contributed by atoms with E-state index in [0.717, 1.165) is 16.1 Å². The van der Waals surface area contributed by atoms with Gasteiger partial charge in [-0.1, -0.05) is 36.4 Å². The molecular weight excluding hydrogens is 424 g/mol. The van der Waals surface area contributed by atoms with Crippen LogP contribution in [0.2, 0.25) is 0 Å². The van der Waals surface area contributed by atoms with Crippen LogP contribution in [0, 0.1) is 0 Å². The third-order valence-corrected chi connectivity index (χ3v) is 6.06. The molecule has 0 fully saturated rings. The van der Waals surface area contributed by atoms with Gasteiger partial charge < -0.3 is 18.8 Å². The van der Waals surface area contributed by atoms with E-state index in [-0.39, 0.29) is 12.3 Å². The Morgan fingerprint density at radius 2 is 1.84 bits per heavy atom. The van der Waals surface area contributed by atoms with Crippen LogP contribution < -0.4 is 14.4 Å². The molecule has 0 atom stereocenters. The van der Waals surface area contributed by atoms with Gasteiger partial charge in [-0.2, -0.15) is 0 Å². The Labute approximate surface area is 190 Å². The van der Waals surface area contributed by atoms with Gasteiger partial charge in [0.15, 0.2) is 23.1 Å². The molecular formula is C25H22N2O4S. The maximum atomic E-state index is 13.3. The van der Waals surface area contributed by atoms with Gasteiger partial charge in [-0.3, -0.25) is 4.79 Å². The zero-order chi connectivity index (χ0) is 21.8. The molecule has 0 saturated carbocycles. The number of thiophene rings is 1. The zero-order valence-electron chi connectivity index (χ0n) is 17.4. The van der Waals surface area contributed by atoms with Gasteiger partial charge >= 0.3 is 0 Å². The second kappa shape index (κ2) is 9.28. The third kappa shape index (κ3) is 4.53. The highest BCUT2D eigenvalue weighted by molar-refractivity contribution is 7.09. The van der Waals surface area contributed by atoms with Crippen molar-refractivity contribution in [3.63, 3.8) is 0 Å². The van der Waals surface area contributed by atoms with E-state index in [1.807, 2.05) is 66.0 Å². The summed E-state index contributed by atoms with van der Waals surface area (Å²) in [6.07, 6.45) is 2.42. The molecule has 6 nitrogen and oxygen atoms in total. The summed E-state index contributed by atoms with van der Waals surface area (Å²) in [6.45, 7) is 1.53. The van der Waals surface area contributed by atoms with Crippen molar-refractivity contribution in [2.24, 2.45) is 0 Å². The Morgan fingerprint density at radius 3 is 2.66 bits per heavy atom. The Kier molecular flexibility index (Phi) is 5.89. The van der Waals surface area contributed by atoms with Gasteiger partial charge in [0.05, 0.1) is 12.7 Å². The van der Waals surface area contributed by atoms with Crippen LogP contribution in [-0.4, -0.2) is 24.1 Å². The van der Waals surface area contributed by atoms with Gasteiger partial charge in [-0.05, 0) is 23.6 Å². The lowest BCUT2D eigenvalue weighted by Gasteiger charge is -2.25. The minimum absolute atomic E-state index is 0.00506. The minimum Gasteiger partial charge on any atom is -0.486 e. The lowest BCUT2D eigenvalue weighted by atomic mass is 10.2. The number of amides is 1. The van der Waals surface area contributed by atoms with Crippen LogP contribution in [0.4, 0.5) is 5.69 Å². The summed E-state index contributed by atoms with van der Waals surface area (Å²) in [5.41, 5.74) is 1.75. The third-order valence-electron chi connectivity index (χ3n) is 5.20. The Hall–Kier alpha value is -3.58. The summed E-state index contributed by atoms with van der Waals surface area (Å²) in [4.78, 5) is 20.5. The fourth-order valence-corrected chi connectivity index (χ4v) is 4.29. The normalized spacial score (nSPS) is 12.5. The van der Waals surface area contributed by atoms with Gasteiger partial charge in [-0.15, -0.1) is 11.3 Å². The fraction of sp³-hybridized carbons (Fsp3) is 0.200. The number of ether oxygens (including phenoxy) is 2. The smallest absolute Gasteiger partial charge is 0.227 e. The van der Waals surface area contributed by atoms with E-state index in [1.165, 1.54) is 0 Å². The molecule has 1 amide bonds. The number of fused-ring (bicyclic) bond motifs is 1. The molecule has 0 unspecified atom stereocenters. The summed E-state index contributed by atoms with van der Waals surface area (Å²) < 4.78 is 17.2. The predicted octanol–water partition coefficient (Wildman–Crippen LogP) is 5.34. The molecule has 32 heavy (non-hydrogen) atoms. The summed E-state index contributed by atoms with van der Waals surface area (Å²) in [7, 11) is 0. The average Bonchev–Trinajstić information content (AvgIpc) is 3.54. The second-order valence-corrected chi connectivity index (χ2v) is 8.40. The first-order chi connectivity index (χ1) is 15.8. The van der Waals surface area contributed by atoms with Gasteiger partial charge in [0.25, 0.3) is 0 Å². The van der Waals surface area contributed by atoms with E-state index >= 15 is 0 Å². The molecule has 1 aliphatic heterocycles. The lowest BCUT2D eigenvalue weighted by Crippen LogP contribution is -2.30. The number of anilines is 1. The number of hydrogen-bond donors (Lipinski definition) is 0. The first kappa shape index (κ1) is 20.3. The van der Waals surface area contributed by atoms with Crippen LogP contribution in [0.3, 0.4) is 0 Å². The van der Waals surface area contributed by atoms with Crippen LogP contribution in [0.15, 0.2) is 76.7 Å². The Bertz CT molecular complexity index is 1190. The number of rotatable bonds is 7. The molecule has 0 spiro atoms. The van der Waals surface area contributed by atoms with Crippen molar-refractivity contribution in [2.75, 3.05) is 18.1 Å². The number of hydrogen-bond acceptors (Lipinski definition) is 6. The van der Waals surface area contributed by atoms with Crippen molar-refractivity contribution < 1.29 is 18.7 Å². The molecule has 1 aliphatic rings. The monoisotopic (exact) mass is 446 g/mol. The van der Waals surface area contributed by atoms with Crippen molar-refractivity contribution >= 4 is 22.9 Å². The van der Waals surface area contributed by atoms with Crippen LogP contribution in [0.1, 0.15) is 17.2 Å². The molecule has 3 heterocycles. The molecule has 5 rings (SSSR count). The molecule has 0 saturated heterocycles. The van der Waals surface area contributed by atoms with Gasteiger partial charge in [0, 0.05) is 35.0 Å². The molecule has 2 aromatic carbocycles. The number of aryl methyl sites for hydroxylation is 1. The van der Waals surface area contributed by atoms with Crippen LogP contribution in [0.5, 0.6) is 11.5 Å². The van der Waals surface area contributed by atoms with Gasteiger partial charge in [-0.25, -0.2) is 4.98 Å². The van der Waals surface area contributed by atoms with Crippen molar-refractivity contribution in [1.82, 2.24) is 4.98 Å². The lowest BCUT2D eigenvalue weighted by molar-refractivity contribution is -0.118. The summed E-state index contributed by atoms with van der Waals surface area (Å²) in [5.74, 6) is 2.62.